The zero-order valence-electron chi connectivity index (χ0n) is 8.96. The molecule has 0 bridgehead atoms. The molecule has 3 nitrogen and oxygen atoms in total. The van der Waals surface area contributed by atoms with E-state index in [1.165, 1.54) is 5.69 Å². The lowest BCUT2D eigenvalue weighted by atomic mass is 9.99. The number of fused-ring (bicyclic) bond motifs is 1. The molecule has 0 atom stereocenters. The maximum absolute atomic E-state index is 4.53. The first kappa shape index (κ1) is 9.68. The van der Waals surface area contributed by atoms with Gasteiger partial charge in [0.2, 0.25) is 0 Å². The minimum Gasteiger partial charge on any atom is -0.310 e. The lowest BCUT2D eigenvalue weighted by molar-refractivity contribution is 0.426. The number of hydrogen-bond acceptors (Lipinski definition) is 3. The molecule has 2 rings (SSSR count). The highest BCUT2D eigenvalue weighted by molar-refractivity contribution is 7.15. The van der Waals surface area contributed by atoms with Crippen molar-refractivity contribution >= 4 is 16.3 Å². The van der Waals surface area contributed by atoms with Crippen LogP contribution in [-0.2, 0) is 5.54 Å². The van der Waals surface area contributed by atoms with Crippen molar-refractivity contribution in [2.45, 2.75) is 26.3 Å². The zero-order valence-corrected chi connectivity index (χ0v) is 9.77. The molecule has 0 saturated carbocycles. The second kappa shape index (κ2) is 3.07. The summed E-state index contributed by atoms with van der Waals surface area (Å²) in [5.74, 6) is 0. The first-order valence-corrected chi connectivity index (χ1v) is 5.56. The minimum atomic E-state index is -0.0371. The van der Waals surface area contributed by atoms with E-state index in [1.807, 2.05) is 7.05 Å². The van der Waals surface area contributed by atoms with Crippen molar-refractivity contribution in [2.24, 2.45) is 0 Å². The quantitative estimate of drug-likeness (QED) is 0.821. The molecule has 0 spiro atoms. The molecule has 4 heteroatoms. The molecule has 76 valence electrons. The Morgan fingerprint density at radius 1 is 1.50 bits per heavy atom. The molecule has 14 heavy (non-hydrogen) atoms. The molecule has 0 radical (unpaired) electrons. The van der Waals surface area contributed by atoms with Crippen LogP contribution in [0.4, 0.5) is 0 Å². The van der Waals surface area contributed by atoms with Gasteiger partial charge in [-0.2, -0.15) is 0 Å². The summed E-state index contributed by atoms with van der Waals surface area (Å²) < 4.78 is 2.16. The minimum absolute atomic E-state index is 0.0371. The second-order valence-electron chi connectivity index (χ2n) is 3.98. The summed E-state index contributed by atoms with van der Waals surface area (Å²) in [5.41, 5.74) is 2.32. The SMILES string of the molecule is CNC(C)(C)c1c(C)nc2sccn12. The highest BCUT2D eigenvalue weighted by atomic mass is 32.1. The van der Waals surface area contributed by atoms with Gasteiger partial charge >= 0.3 is 0 Å². The Hall–Kier alpha value is -0.870. The summed E-state index contributed by atoms with van der Waals surface area (Å²) in [6.45, 7) is 6.40. The first-order chi connectivity index (χ1) is 6.56. The van der Waals surface area contributed by atoms with Crippen LogP contribution in [-0.4, -0.2) is 16.4 Å². The van der Waals surface area contributed by atoms with Crippen molar-refractivity contribution in [2.75, 3.05) is 7.05 Å². The topological polar surface area (TPSA) is 29.3 Å². The van der Waals surface area contributed by atoms with Crippen molar-refractivity contribution in [1.82, 2.24) is 14.7 Å². The molecular weight excluding hydrogens is 194 g/mol. The third-order valence-corrected chi connectivity index (χ3v) is 3.41. The van der Waals surface area contributed by atoms with Gasteiger partial charge in [-0.25, -0.2) is 4.98 Å². The molecule has 0 aliphatic rings. The third kappa shape index (κ3) is 1.26. The van der Waals surface area contributed by atoms with E-state index in [-0.39, 0.29) is 5.54 Å². The fourth-order valence-corrected chi connectivity index (χ4v) is 2.53. The van der Waals surface area contributed by atoms with Gasteiger partial charge < -0.3 is 5.32 Å². The van der Waals surface area contributed by atoms with E-state index in [0.29, 0.717) is 0 Å². The maximum Gasteiger partial charge on any atom is 0.194 e. The van der Waals surface area contributed by atoms with E-state index >= 15 is 0 Å². The van der Waals surface area contributed by atoms with Gasteiger partial charge in [-0.05, 0) is 27.8 Å². The Morgan fingerprint density at radius 3 is 2.86 bits per heavy atom. The average molecular weight is 209 g/mol. The standard InChI is InChI=1S/C10H15N3S/c1-7-8(10(2,3)11-4)13-5-6-14-9(13)12-7/h5-6,11H,1-4H3. The van der Waals surface area contributed by atoms with Crippen LogP contribution < -0.4 is 5.32 Å². The van der Waals surface area contributed by atoms with Crippen LogP contribution in [0.3, 0.4) is 0 Å². The Balaban J connectivity index is 2.70. The zero-order chi connectivity index (χ0) is 10.3. The van der Waals surface area contributed by atoms with Gasteiger partial charge in [0.1, 0.15) is 0 Å². The smallest absolute Gasteiger partial charge is 0.194 e. The second-order valence-corrected chi connectivity index (χ2v) is 4.85. The number of rotatable bonds is 2. The molecule has 2 heterocycles. The van der Waals surface area contributed by atoms with Crippen molar-refractivity contribution in [3.05, 3.63) is 23.0 Å². The molecular formula is C10H15N3S. The van der Waals surface area contributed by atoms with Crippen LogP contribution in [0.5, 0.6) is 0 Å². The van der Waals surface area contributed by atoms with Crippen LogP contribution in [0, 0.1) is 6.92 Å². The molecule has 0 amide bonds. The highest BCUT2D eigenvalue weighted by Gasteiger charge is 2.25. The summed E-state index contributed by atoms with van der Waals surface area (Å²) in [5, 5.41) is 5.38. The molecule has 0 unspecified atom stereocenters. The molecule has 2 aromatic heterocycles. The van der Waals surface area contributed by atoms with E-state index in [2.05, 4.69) is 47.0 Å². The average Bonchev–Trinajstić information content (AvgIpc) is 2.62. The summed E-state index contributed by atoms with van der Waals surface area (Å²) in [7, 11) is 1.98. The van der Waals surface area contributed by atoms with Gasteiger partial charge in [-0.1, -0.05) is 0 Å². The largest absolute Gasteiger partial charge is 0.310 e. The van der Waals surface area contributed by atoms with Crippen molar-refractivity contribution in [1.29, 1.82) is 0 Å². The predicted octanol–water partition coefficient (Wildman–Crippen LogP) is 2.16. The number of nitrogens with zero attached hydrogens (tertiary/aromatic N) is 2. The number of aromatic nitrogens is 2. The number of nitrogens with one attached hydrogen (secondary N) is 1. The first-order valence-electron chi connectivity index (χ1n) is 4.68. The number of imidazole rings is 1. The van der Waals surface area contributed by atoms with E-state index in [4.69, 9.17) is 0 Å². The molecule has 0 saturated heterocycles. The van der Waals surface area contributed by atoms with E-state index in [1.54, 1.807) is 11.3 Å². The Kier molecular flexibility index (Phi) is 2.12. The molecule has 2 aromatic rings. The van der Waals surface area contributed by atoms with Gasteiger partial charge in [0.25, 0.3) is 0 Å². The van der Waals surface area contributed by atoms with E-state index < -0.39 is 0 Å². The van der Waals surface area contributed by atoms with Gasteiger partial charge in [-0.3, -0.25) is 4.40 Å². The normalized spacial score (nSPS) is 12.6. The van der Waals surface area contributed by atoms with Gasteiger partial charge in [0.15, 0.2) is 4.96 Å². The molecule has 0 aliphatic heterocycles. The summed E-state index contributed by atoms with van der Waals surface area (Å²) >= 11 is 1.67. The Bertz CT molecular complexity index is 453. The molecule has 0 aliphatic carbocycles. The van der Waals surface area contributed by atoms with E-state index in [0.717, 1.165) is 10.7 Å². The highest BCUT2D eigenvalue weighted by Crippen LogP contribution is 2.26. The molecule has 0 aromatic carbocycles. The Morgan fingerprint density at radius 2 is 2.21 bits per heavy atom. The summed E-state index contributed by atoms with van der Waals surface area (Å²) in [6, 6.07) is 0. The number of thiazole rings is 1. The van der Waals surface area contributed by atoms with Crippen molar-refractivity contribution < 1.29 is 0 Å². The van der Waals surface area contributed by atoms with Gasteiger partial charge in [0, 0.05) is 11.6 Å². The predicted molar refractivity (Wildman–Crippen MR) is 59.9 cm³/mol. The monoisotopic (exact) mass is 209 g/mol. The summed E-state index contributed by atoms with van der Waals surface area (Å²) in [4.78, 5) is 5.60. The van der Waals surface area contributed by atoms with Crippen LogP contribution in [0.2, 0.25) is 0 Å². The van der Waals surface area contributed by atoms with Gasteiger partial charge in [0.05, 0.1) is 16.9 Å². The molecule has 0 fully saturated rings. The molecule has 1 N–H and O–H groups in total. The van der Waals surface area contributed by atoms with Crippen molar-refractivity contribution in [3.8, 4) is 0 Å². The van der Waals surface area contributed by atoms with Crippen molar-refractivity contribution in [3.63, 3.8) is 0 Å². The fourth-order valence-electron chi connectivity index (χ4n) is 1.77. The fraction of sp³-hybridized carbons (Fsp3) is 0.500. The maximum atomic E-state index is 4.53. The lowest BCUT2D eigenvalue weighted by Crippen LogP contribution is -2.35. The number of aryl methyl sites for hydroxylation is 1. The van der Waals surface area contributed by atoms with Crippen LogP contribution in [0.15, 0.2) is 11.6 Å². The van der Waals surface area contributed by atoms with Crippen LogP contribution >= 0.6 is 11.3 Å². The Labute approximate surface area is 87.8 Å². The van der Waals surface area contributed by atoms with E-state index in [9.17, 15) is 0 Å². The van der Waals surface area contributed by atoms with Crippen LogP contribution in [0.1, 0.15) is 25.2 Å². The summed E-state index contributed by atoms with van der Waals surface area (Å²) in [6.07, 6.45) is 2.08. The van der Waals surface area contributed by atoms with Crippen LogP contribution in [0.25, 0.3) is 4.96 Å². The van der Waals surface area contributed by atoms with Gasteiger partial charge in [-0.15, -0.1) is 11.3 Å². The lowest BCUT2D eigenvalue weighted by Gasteiger charge is -2.24. The number of hydrogen-bond donors (Lipinski definition) is 1. The third-order valence-electron chi connectivity index (χ3n) is 2.65.